The van der Waals surface area contributed by atoms with Crippen LogP contribution in [0.1, 0.15) is 43.0 Å². The van der Waals surface area contributed by atoms with Crippen molar-refractivity contribution in [3.8, 4) is 11.5 Å². The van der Waals surface area contributed by atoms with Gasteiger partial charge in [0.1, 0.15) is 17.5 Å². The first-order valence-corrected chi connectivity index (χ1v) is 14.7. The summed E-state index contributed by atoms with van der Waals surface area (Å²) in [6.45, 7) is 4.16. The molecule has 1 atom stereocenters. The normalized spacial score (nSPS) is 14.6. The fourth-order valence-electron chi connectivity index (χ4n) is 4.75. The Balaban J connectivity index is 1.73. The molecule has 1 aliphatic heterocycles. The lowest BCUT2D eigenvalue weighted by atomic mass is 9.92. The van der Waals surface area contributed by atoms with Gasteiger partial charge in [0, 0.05) is 11.1 Å². The number of carbonyl (C=O) groups excluding carboxylic acids is 2. The molecule has 1 aliphatic rings. The van der Waals surface area contributed by atoms with E-state index in [1.807, 2.05) is 61.5 Å². The second-order valence-corrected chi connectivity index (χ2v) is 10.7. The van der Waals surface area contributed by atoms with Crippen molar-refractivity contribution in [3.63, 3.8) is 0 Å². The summed E-state index contributed by atoms with van der Waals surface area (Å²) in [5.41, 5.74) is 7.69. The van der Waals surface area contributed by atoms with Crippen LogP contribution >= 0.6 is 11.3 Å². The third kappa shape index (κ3) is 6.44. The summed E-state index contributed by atoms with van der Waals surface area (Å²) in [6, 6.07) is 22.9. The number of thiazole rings is 1. The number of fused-ring (bicyclic) bond motifs is 1. The van der Waals surface area contributed by atoms with E-state index in [2.05, 4.69) is 0 Å². The number of ether oxygens (including phenoxy) is 3. The molecule has 43 heavy (non-hydrogen) atoms. The second kappa shape index (κ2) is 13.3. The number of primary amides is 1. The van der Waals surface area contributed by atoms with Gasteiger partial charge < -0.3 is 19.9 Å². The predicted molar refractivity (Wildman–Crippen MR) is 164 cm³/mol. The highest BCUT2D eigenvalue weighted by atomic mass is 32.1. The van der Waals surface area contributed by atoms with Crippen molar-refractivity contribution in [2.45, 2.75) is 26.3 Å². The molecule has 3 aromatic carbocycles. The number of hydrogen-bond acceptors (Lipinski definition) is 8. The van der Waals surface area contributed by atoms with E-state index in [-0.39, 0.29) is 24.3 Å². The lowest BCUT2D eigenvalue weighted by Gasteiger charge is -2.27. The van der Waals surface area contributed by atoms with Gasteiger partial charge in [-0.2, -0.15) is 0 Å². The van der Waals surface area contributed by atoms with Crippen LogP contribution in [0, 0.1) is 0 Å². The average molecular weight is 598 g/mol. The molecular formula is C33H31N3O6S. The first-order valence-electron chi connectivity index (χ1n) is 13.9. The quantitative estimate of drug-likeness (QED) is 0.264. The number of hydrogen-bond donors (Lipinski definition) is 1. The van der Waals surface area contributed by atoms with Gasteiger partial charge in [-0.05, 0) is 43.2 Å². The Hall–Kier alpha value is -4.96. The molecule has 0 saturated heterocycles. The van der Waals surface area contributed by atoms with Crippen LogP contribution in [0.25, 0.3) is 11.8 Å². The highest BCUT2D eigenvalue weighted by Gasteiger charge is 2.36. The smallest absolute Gasteiger partial charge is 0.338 e. The molecule has 0 bridgehead atoms. The maximum absolute atomic E-state index is 14.1. The number of aromatic nitrogens is 1. The van der Waals surface area contributed by atoms with Gasteiger partial charge in [0.05, 0.1) is 29.0 Å². The van der Waals surface area contributed by atoms with Gasteiger partial charge in [0.15, 0.2) is 11.4 Å². The molecule has 220 valence electrons. The lowest BCUT2D eigenvalue weighted by molar-refractivity contribution is -0.138. The maximum Gasteiger partial charge on any atom is 0.338 e. The van der Waals surface area contributed by atoms with Gasteiger partial charge in [0.25, 0.3) is 11.5 Å². The van der Waals surface area contributed by atoms with Crippen molar-refractivity contribution in [3.05, 3.63) is 121 Å². The topological polar surface area (TPSA) is 122 Å². The highest BCUT2D eigenvalue weighted by Crippen LogP contribution is 2.38. The Bertz CT molecular complexity index is 1840. The average Bonchev–Trinajstić information content (AvgIpc) is 3.33. The zero-order chi connectivity index (χ0) is 30.3. The van der Waals surface area contributed by atoms with Crippen molar-refractivity contribution >= 4 is 35.0 Å². The Morgan fingerprint density at radius 1 is 0.977 bits per heavy atom. The Morgan fingerprint density at radius 3 is 2.40 bits per heavy atom. The van der Waals surface area contributed by atoms with Crippen LogP contribution in [0.5, 0.6) is 11.5 Å². The number of amides is 1. The molecule has 0 saturated carbocycles. The van der Waals surface area contributed by atoms with Crippen LogP contribution in [-0.4, -0.2) is 36.3 Å². The fraction of sp³-hybridized carbons (Fsp3) is 0.212. The predicted octanol–water partition coefficient (Wildman–Crippen LogP) is 3.59. The number of para-hydroxylation sites is 1. The van der Waals surface area contributed by atoms with E-state index in [1.54, 1.807) is 41.8 Å². The lowest BCUT2D eigenvalue weighted by Crippen LogP contribution is -2.40. The molecular weight excluding hydrogens is 566 g/mol. The van der Waals surface area contributed by atoms with E-state index < -0.39 is 17.9 Å². The zero-order valence-electron chi connectivity index (χ0n) is 23.8. The van der Waals surface area contributed by atoms with Gasteiger partial charge >= 0.3 is 5.97 Å². The number of carbonyl (C=O) groups is 2. The fourth-order valence-corrected chi connectivity index (χ4v) is 5.75. The molecule has 9 nitrogen and oxygen atoms in total. The molecule has 10 heteroatoms. The summed E-state index contributed by atoms with van der Waals surface area (Å²) in [4.78, 5) is 44.2. The van der Waals surface area contributed by atoms with Crippen LogP contribution < -0.4 is 30.1 Å². The minimum absolute atomic E-state index is 0.161. The summed E-state index contributed by atoms with van der Waals surface area (Å²) in [5.74, 6) is -0.0704. The van der Waals surface area contributed by atoms with Gasteiger partial charge in [0.2, 0.25) is 0 Å². The number of nitrogens with two attached hydrogens (primary N) is 1. The van der Waals surface area contributed by atoms with Crippen LogP contribution in [0.4, 0.5) is 0 Å². The first kappa shape index (κ1) is 29.5. The molecule has 2 N–H and O–H groups in total. The second-order valence-electron chi connectivity index (χ2n) is 9.64. The summed E-state index contributed by atoms with van der Waals surface area (Å²) < 4.78 is 19.0. The van der Waals surface area contributed by atoms with E-state index in [4.69, 9.17) is 24.9 Å². The van der Waals surface area contributed by atoms with Crippen LogP contribution in [0.15, 0.2) is 94.2 Å². The number of esters is 1. The van der Waals surface area contributed by atoms with Crippen molar-refractivity contribution < 1.29 is 23.8 Å². The third-order valence-corrected chi connectivity index (χ3v) is 7.59. The molecule has 1 amide bonds. The molecule has 0 aliphatic carbocycles. The van der Waals surface area contributed by atoms with E-state index in [0.717, 1.165) is 17.5 Å². The van der Waals surface area contributed by atoms with E-state index in [1.165, 1.54) is 11.3 Å². The molecule has 0 unspecified atom stereocenters. The summed E-state index contributed by atoms with van der Waals surface area (Å²) in [5, 5.41) is 0. The minimum Gasteiger partial charge on any atom is -0.493 e. The van der Waals surface area contributed by atoms with Crippen LogP contribution in [0.3, 0.4) is 0 Å². The SMILES string of the molecule is CCCOc1ccccc1[C@H]1C(C(=O)OCC)=C(c2ccccc2)N=c2s/c(=C/c3ccc(OCC(N)=O)cc3)c(=O)n21. The first-order chi connectivity index (χ1) is 20.9. The van der Waals surface area contributed by atoms with Crippen molar-refractivity contribution in [1.82, 2.24) is 4.57 Å². The summed E-state index contributed by atoms with van der Waals surface area (Å²) in [7, 11) is 0. The van der Waals surface area contributed by atoms with Crippen molar-refractivity contribution in [1.29, 1.82) is 0 Å². The summed E-state index contributed by atoms with van der Waals surface area (Å²) >= 11 is 1.23. The number of nitrogens with zero attached hydrogens (tertiary/aromatic N) is 2. The standard InChI is InChI=1S/C33H31N3O6S/c1-3-18-41-25-13-9-8-12-24(25)30-28(32(39)40-4-2)29(22-10-6-5-7-11-22)35-33-36(30)31(38)26(43-33)19-21-14-16-23(17-15-21)42-20-27(34)37/h5-17,19,30H,3-4,18,20H2,1-2H3,(H2,34,37)/b26-19+/t30-/m0/s1. The van der Waals surface area contributed by atoms with Crippen LogP contribution in [-0.2, 0) is 14.3 Å². The summed E-state index contributed by atoms with van der Waals surface area (Å²) in [6.07, 6.45) is 2.55. The molecule has 4 aromatic rings. The Labute approximate surface area is 252 Å². The molecule has 1 aromatic heterocycles. The largest absolute Gasteiger partial charge is 0.493 e. The Morgan fingerprint density at radius 2 is 1.70 bits per heavy atom. The molecule has 0 fully saturated rings. The van der Waals surface area contributed by atoms with Crippen LogP contribution in [0.2, 0.25) is 0 Å². The molecule has 0 radical (unpaired) electrons. The molecule has 5 rings (SSSR count). The number of benzene rings is 3. The molecule has 0 spiro atoms. The minimum atomic E-state index is -0.842. The van der Waals surface area contributed by atoms with Gasteiger partial charge in [-0.15, -0.1) is 0 Å². The van der Waals surface area contributed by atoms with Gasteiger partial charge in [-0.3, -0.25) is 14.2 Å². The third-order valence-electron chi connectivity index (χ3n) is 6.61. The molecule has 2 heterocycles. The van der Waals surface area contributed by atoms with Gasteiger partial charge in [-0.25, -0.2) is 9.79 Å². The van der Waals surface area contributed by atoms with E-state index in [9.17, 15) is 14.4 Å². The van der Waals surface area contributed by atoms with E-state index in [0.29, 0.717) is 38.7 Å². The van der Waals surface area contributed by atoms with Crippen molar-refractivity contribution in [2.24, 2.45) is 10.7 Å². The van der Waals surface area contributed by atoms with E-state index >= 15 is 0 Å². The number of rotatable bonds is 11. The zero-order valence-corrected chi connectivity index (χ0v) is 24.6. The maximum atomic E-state index is 14.1. The monoisotopic (exact) mass is 597 g/mol. The Kier molecular flexibility index (Phi) is 9.17. The van der Waals surface area contributed by atoms with Crippen molar-refractivity contribution in [2.75, 3.05) is 19.8 Å². The highest BCUT2D eigenvalue weighted by molar-refractivity contribution is 7.07. The van der Waals surface area contributed by atoms with Gasteiger partial charge in [-0.1, -0.05) is 78.9 Å².